The van der Waals surface area contributed by atoms with Crippen LogP contribution in [-0.4, -0.2) is 23.9 Å². The van der Waals surface area contributed by atoms with Gasteiger partial charge in [0.1, 0.15) is 5.75 Å². The third-order valence-electron chi connectivity index (χ3n) is 5.31. The number of amides is 2. The summed E-state index contributed by atoms with van der Waals surface area (Å²) in [6, 6.07) is 32.5. The van der Waals surface area contributed by atoms with Crippen molar-refractivity contribution in [2.24, 2.45) is 5.73 Å². The fourth-order valence-corrected chi connectivity index (χ4v) is 3.56. The van der Waals surface area contributed by atoms with E-state index in [0.717, 1.165) is 27.8 Å². The van der Waals surface area contributed by atoms with Crippen molar-refractivity contribution < 1.29 is 14.3 Å². The number of hydrogen-bond acceptors (Lipinski definition) is 3. The van der Waals surface area contributed by atoms with Crippen molar-refractivity contribution in [1.29, 1.82) is 0 Å². The number of ether oxygens (including phenoxy) is 1. The average molecular weight is 437 g/mol. The molecule has 0 spiro atoms. The molecule has 5 nitrogen and oxygen atoms in total. The van der Waals surface area contributed by atoms with Crippen molar-refractivity contribution in [3.63, 3.8) is 0 Å². The summed E-state index contributed by atoms with van der Waals surface area (Å²) in [6.45, 7) is 0.424. The zero-order valence-corrected chi connectivity index (χ0v) is 18.3. The Morgan fingerprint density at radius 1 is 0.727 bits per heavy atom. The topological polar surface area (TPSA) is 72.6 Å². The van der Waals surface area contributed by atoms with E-state index in [1.807, 2.05) is 54.6 Å². The summed E-state index contributed by atoms with van der Waals surface area (Å²) in [5, 5.41) is 0. The second-order valence-corrected chi connectivity index (χ2v) is 7.76. The number of nitrogens with zero attached hydrogens (tertiary/aromatic N) is 1. The third-order valence-corrected chi connectivity index (χ3v) is 5.31. The van der Waals surface area contributed by atoms with Gasteiger partial charge in [0.05, 0.1) is 0 Å². The number of carbonyl (C=O) groups excluding carboxylic acids is 2. The maximum Gasteiger partial charge on any atom is 0.415 e. The zero-order valence-electron chi connectivity index (χ0n) is 18.3. The second-order valence-electron chi connectivity index (χ2n) is 7.76. The lowest BCUT2D eigenvalue weighted by Gasteiger charge is -2.18. The smallest absolute Gasteiger partial charge is 0.410 e. The first-order valence-corrected chi connectivity index (χ1v) is 10.6. The molecular formula is C28H24N2O3. The van der Waals surface area contributed by atoms with Gasteiger partial charge in [0, 0.05) is 19.2 Å². The van der Waals surface area contributed by atoms with Crippen LogP contribution in [-0.2, 0) is 6.54 Å². The van der Waals surface area contributed by atoms with Crippen molar-refractivity contribution in [3.05, 3.63) is 114 Å². The Balaban J connectivity index is 1.43. The van der Waals surface area contributed by atoms with Crippen molar-refractivity contribution in [3.8, 4) is 28.0 Å². The Kier molecular flexibility index (Phi) is 6.51. The normalized spacial score (nSPS) is 10.5. The maximum absolute atomic E-state index is 12.7. The van der Waals surface area contributed by atoms with Gasteiger partial charge in [-0.1, -0.05) is 72.8 Å². The zero-order chi connectivity index (χ0) is 23.2. The number of nitrogens with two attached hydrogens (primary N) is 1. The van der Waals surface area contributed by atoms with E-state index < -0.39 is 12.0 Å². The number of rotatable bonds is 6. The van der Waals surface area contributed by atoms with Crippen molar-refractivity contribution in [1.82, 2.24) is 4.90 Å². The van der Waals surface area contributed by atoms with Crippen LogP contribution in [0.15, 0.2) is 103 Å². The number of primary amides is 1. The van der Waals surface area contributed by atoms with Crippen LogP contribution in [0.1, 0.15) is 15.9 Å². The van der Waals surface area contributed by atoms with Crippen molar-refractivity contribution in [2.75, 3.05) is 7.05 Å². The van der Waals surface area contributed by atoms with Crippen LogP contribution in [0.25, 0.3) is 22.3 Å². The number of benzene rings is 4. The minimum atomic E-state index is -0.471. The Bertz CT molecular complexity index is 1270. The molecule has 2 N–H and O–H groups in total. The Hall–Kier alpha value is -4.38. The summed E-state index contributed by atoms with van der Waals surface area (Å²) >= 11 is 0. The standard InChI is InChI=1S/C28H24N2O3/c1-30(19-20-7-5-10-24(17-20)21-8-3-2-4-9-21)28(32)33-26-12-6-11-25(18-26)22-13-15-23(16-14-22)27(29)31/h2-18H,19H2,1H3,(H2,29,31). The van der Waals surface area contributed by atoms with Crippen LogP contribution in [0.3, 0.4) is 0 Å². The van der Waals surface area contributed by atoms with E-state index in [9.17, 15) is 9.59 Å². The molecule has 0 aromatic heterocycles. The molecule has 0 heterocycles. The lowest BCUT2D eigenvalue weighted by Crippen LogP contribution is -2.29. The van der Waals surface area contributed by atoms with E-state index in [1.165, 1.54) is 0 Å². The lowest BCUT2D eigenvalue weighted by molar-refractivity contribution is 0.1000. The van der Waals surface area contributed by atoms with Gasteiger partial charge in [-0.15, -0.1) is 0 Å². The molecule has 0 unspecified atom stereocenters. The molecule has 164 valence electrons. The largest absolute Gasteiger partial charge is 0.415 e. The molecule has 4 rings (SSSR count). The molecule has 5 heteroatoms. The summed E-state index contributed by atoms with van der Waals surface area (Å²) < 4.78 is 5.60. The summed E-state index contributed by atoms with van der Waals surface area (Å²) in [6.07, 6.45) is -0.443. The molecule has 33 heavy (non-hydrogen) atoms. The van der Waals surface area contributed by atoms with Gasteiger partial charge in [0.15, 0.2) is 0 Å². The van der Waals surface area contributed by atoms with E-state index in [4.69, 9.17) is 10.5 Å². The summed E-state index contributed by atoms with van der Waals surface area (Å²) in [5.41, 5.74) is 10.8. The average Bonchev–Trinajstić information content (AvgIpc) is 2.85. The number of hydrogen-bond donors (Lipinski definition) is 1. The highest BCUT2D eigenvalue weighted by Gasteiger charge is 2.13. The molecular weight excluding hydrogens is 412 g/mol. The van der Waals surface area contributed by atoms with Gasteiger partial charge in [-0.05, 0) is 58.1 Å². The first kappa shape index (κ1) is 21.8. The number of carbonyl (C=O) groups is 2. The van der Waals surface area contributed by atoms with Gasteiger partial charge in [0.25, 0.3) is 0 Å². The van der Waals surface area contributed by atoms with Crippen molar-refractivity contribution >= 4 is 12.0 Å². The van der Waals surface area contributed by atoms with Crippen LogP contribution < -0.4 is 10.5 Å². The molecule has 0 aliphatic rings. The molecule has 2 amide bonds. The molecule has 4 aromatic carbocycles. The predicted octanol–water partition coefficient (Wildman–Crippen LogP) is 5.75. The van der Waals surface area contributed by atoms with E-state index in [-0.39, 0.29) is 0 Å². The first-order valence-electron chi connectivity index (χ1n) is 10.6. The summed E-state index contributed by atoms with van der Waals surface area (Å²) in [5.74, 6) is -0.0251. The quantitative estimate of drug-likeness (QED) is 0.418. The Morgan fingerprint density at radius 2 is 1.33 bits per heavy atom. The summed E-state index contributed by atoms with van der Waals surface area (Å²) in [4.78, 5) is 25.5. The molecule has 4 aromatic rings. The van der Waals surface area contributed by atoms with E-state index in [2.05, 4.69) is 24.3 Å². The summed E-state index contributed by atoms with van der Waals surface area (Å²) in [7, 11) is 1.71. The van der Waals surface area contributed by atoms with Gasteiger partial charge < -0.3 is 15.4 Å². The van der Waals surface area contributed by atoms with Gasteiger partial charge in [-0.3, -0.25) is 4.79 Å². The molecule has 0 aliphatic carbocycles. The molecule has 0 atom stereocenters. The van der Waals surface area contributed by atoms with E-state index in [1.54, 1.807) is 36.2 Å². The molecule has 0 bridgehead atoms. The maximum atomic E-state index is 12.7. The van der Waals surface area contributed by atoms with Gasteiger partial charge in [-0.25, -0.2) is 4.79 Å². The third kappa shape index (κ3) is 5.46. The molecule has 0 fully saturated rings. The van der Waals surface area contributed by atoms with Crippen LogP contribution in [0, 0.1) is 0 Å². The minimum absolute atomic E-state index is 0.424. The first-order chi connectivity index (χ1) is 16.0. The fourth-order valence-electron chi connectivity index (χ4n) is 3.56. The van der Waals surface area contributed by atoms with Crippen LogP contribution in [0.2, 0.25) is 0 Å². The Labute approximate surface area is 193 Å². The van der Waals surface area contributed by atoms with Crippen molar-refractivity contribution in [2.45, 2.75) is 6.54 Å². The molecule has 0 saturated heterocycles. The highest BCUT2D eigenvalue weighted by atomic mass is 16.6. The monoisotopic (exact) mass is 436 g/mol. The van der Waals surface area contributed by atoms with Gasteiger partial charge >= 0.3 is 6.09 Å². The van der Waals surface area contributed by atoms with Crippen LogP contribution in [0.5, 0.6) is 5.75 Å². The van der Waals surface area contributed by atoms with Crippen LogP contribution in [0.4, 0.5) is 4.79 Å². The van der Waals surface area contributed by atoms with Crippen LogP contribution >= 0.6 is 0 Å². The minimum Gasteiger partial charge on any atom is -0.410 e. The molecule has 0 saturated carbocycles. The predicted molar refractivity (Wildman–Crippen MR) is 130 cm³/mol. The second kappa shape index (κ2) is 9.83. The van der Waals surface area contributed by atoms with Gasteiger partial charge in [-0.2, -0.15) is 0 Å². The Morgan fingerprint density at radius 3 is 2.03 bits per heavy atom. The molecule has 0 aliphatic heterocycles. The molecule has 0 radical (unpaired) electrons. The highest BCUT2D eigenvalue weighted by molar-refractivity contribution is 5.93. The van der Waals surface area contributed by atoms with Gasteiger partial charge in [0.2, 0.25) is 5.91 Å². The lowest BCUT2D eigenvalue weighted by atomic mass is 10.0. The SMILES string of the molecule is CN(Cc1cccc(-c2ccccc2)c1)C(=O)Oc1cccc(-c2ccc(C(N)=O)cc2)c1. The van der Waals surface area contributed by atoms with E-state index in [0.29, 0.717) is 17.9 Å². The highest BCUT2D eigenvalue weighted by Crippen LogP contribution is 2.25. The van der Waals surface area contributed by atoms with E-state index >= 15 is 0 Å². The fraction of sp³-hybridized carbons (Fsp3) is 0.0714.